The lowest BCUT2D eigenvalue weighted by Gasteiger charge is -2.31. The molecule has 1 aromatic heterocycles. The van der Waals surface area contributed by atoms with Crippen molar-refractivity contribution in [3.8, 4) is 11.3 Å². The minimum absolute atomic E-state index is 0.243. The van der Waals surface area contributed by atoms with Gasteiger partial charge < -0.3 is 14.2 Å². The Balaban J connectivity index is 1.60. The van der Waals surface area contributed by atoms with Crippen LogP contribution in [0.5, 0.6) is 0 Å². The van der Waals surface area contributed by atoms with Crippen molar-refractivity contribution in [2.24, 2.45) is 5.92 Å². The van der Waals surface area contributed by atoms with Crippen LogP contribution in [0.3, 0.4) is 0 Å². The van der Waals surface area contributed by atoms with E-state index in [2.05, 4.69) is 10.5 Å². The van der Waals surface area contributed by atoms with Gasteiger partial charge >= 0.3 is 12.0 Å². The Morgan fingerprint density at radius 1 is 1.36 bits per heavy atom. The van der Waals surface area contributed by atoms with Gasteiger partial charge in [-0.05, 0) is 19.8 Å². The van der Waals surface area contributed by atoms with Crippen LogP contribution in [0.1, 0.15) is 19.8 Å². The fourth-order valence-electron chi connectivity index (χ4n) is 2.88. The van der Waals surface area contributed by atoms with E-state index in [1.165, 1.54) is 0 Å². The van der Waals surface area contributed by atoms with E-state index < -0.39 is 0 Å². The van der Waals surface area contributed by atoms with Crippen LogP contribution in [0, 0.1) is 5.92 Å². The molecule has 7 nitrogen and oxygen atoms in total. The molecule has 1 N–H and O–H groups in total. The van der Waals surface area contributed by atoms with E-state index in [9.17, 15) is 9.59 Å². The predicted molar refractivity (Wildman–Crippen MR) is 91.9 cm³/mol. The second kappa shape index (κ2) is 7.83. The monoisotopic (exact) mass is 343 g/mol. The van der Waals surface area contributed by atoms with Gasteiger partial charge in [0.25, 0.3) is 0 Å². The van der Waals surface area contributed by atoms with Gasteiger partial charge in [0.2, 0.25) is 0 Å². The van der Waals surface area contributed by atoms with Gasteiger partial charge in [0.05, 0.1) is 12.5 Å². The number of carbonyl (C=O) groups is 2. The molecule has 1 fully saturated rings. The molecule has 0 bridgehead atoms. The average molecular weight is 343 g/mol. The average Bonchev–Trinajstić information content (AvgIpc) is 3.11. The number of nitrogens with zero attached hydrogens (tertiary/aromatic N) is 2. The fourth-order valence-corrected chi connectivity index (χ4v) is 2.88. The van der Waals surface area contributed by atoms with Crippen molar-refractivity contribution in [3.63, 3.8) is 0 Å². The number of aromatic nitrogens is 1. The van der Waals surface area contributed by atoms with Crippen molar-refractivity contribution in [2.45, 2.75) is 19.8 Å². The summed E-state index contributed by atoms with van der Waals surface area (Å²) in [6.45, 7) is 3.09. The van der Waals surface area contributed by atoms with Crippen molar-refractivity contribution in [2.75, 3.05) is 25.0 Å². The zero-order valence-electron chi connectivity index (χ0n) is 14.1. The summed E-state index contributed by atoms with van der Waals surface area (Å²) in [6.07, 6.45) is 1.51. The number of hydrogen-bond acceptors (Lipinski definition) is 5. The maximum absolute atomic E-state index is 12.4. The first-order valence-corrected chi connectivity index (χ1v) is 8.42. The Hall–Kier alpha value is -2.83. The molecule has 0 spiro atoms. The molecular weight excluding hydrogens is 322 g/mol. The topological polar surface area (TPSA) is 84.7 Å². The highest BCUT2D eigenvalue weighted by atomic mass is 16.5. The molecule has 3 rings (SSSR count). The first kappa shape index (κ1) is 17.0. The van der Waals surface area contributed by atoms with Crippen molar-refractivity contribution in [1.29, 1.82) is 0 Å². The van der Waals surface area contributed by atoms with Gasteiger partial charge in [-0.2, -0.15) is 0 Å². The van der Waals surface area contributed by atoms with E-state index in [4.69, 9.17) is 9.26 Å². The van der Waals surface area contributed by atoms with E-state index in [-0.39, 0.29) is 17.9 Å². The summed E-state index contributed by atoms with van der Waals surface area (Å²) in [4.78, 5) is 25.9. The van der Waals surface area contributed by atoms with Crippen molar-refractivity contribution in [1.82, 2.24) is 10.1 Å². The summed E-state index contributed by atoms with van der Waals surface area (Å²) in [7, 11) is 0. The number of anilines is 1. The summed E-state index contributed by atoms with van der Waals surface area (Å²) in [5.74, 6) is 0.422. The van der Waals surface area contributed by atoms with Crippen LogP contribution in [0.25, 0.3) is 11.3 Å². The molecule has 1 unspecified atom stereocenters. The third-order valence-electron chi connectivity index (χ3n) is 4.13. The third kappa shape index (κ3) is 4.17. The number of piperidine rings is 1. The van der Waals surface area contributed by atoms with Crippen LogP contribution >= 0.6 is 0 Å². The number of carbonyl (C=O) groups excluding carboxylic acids is 2. The highest BCUT2D eigenvalue weighted by Crippen LogP contribution is 2.23. The van der Waals surface area contributed by atoms with Gasteiger partial charge in [0.15, 0.2) is 11.6 Å². The number of amides is 2. The molecule has 1 aromatic carbocycles. The molecule has 0 saturated carbocycles. The van der Waals surface area contributed by atoms with Crippen LogP contribution in [0.15, 0.2) is 40.9 Å². The summed E-state index contributed by atoms with van der Waals surface area (Å²) in [6, 6.07) is 10.9. The molecule has 2 amide bonds. The Labute approximate surface area is 145 Å². The highest BCUT2D eigenvalue weighted by molar-refractivity contribution is 5.89. The second-order valence-corrected chi connectivity index (χ2v) is 5.91. The van der Waals surface area contributed by atoms with Crippen LogP contribution in [-0.2, 0) is 9.53 Å². The maximum atomic E-state index is 12.4. The Kier molecular flexibility index (Phi) is 5.33. The van der Waals surface area contributed by atoms with Gasteiger partial charge in [0.1, 0.15) is 0 Å². The van der Waals surface area contributed by atoms with Crippen molar-refractivity contribution >= 4 is 17.8 Å². The Morgan fingerprint density at radius 2 is 2.16 bits per heavy atom. The van der Waals surface area contributed by atoms with E-state index in [1.54, 1.807) is 17.9 Å². The first-order chi connectivity index (χ1) is 12.2. The largest absolute Gasteiger partial charge is 0.466 e. The molecule has 132 valence electrons. The summed E-state index contributed by atoms with van der Waals surface area (Å²) in [5, 5.41) is 6.61. The van der Waals surface area contributed by atoms with Gasteiger partial charge in [-0.15, -0.1) is 0 Å². The van der Waals surface area contributed by atoms with E-state index in [0.29, 0.717) is 31.3 Å². The van der Waals surface area contributed by atoms with Crippen LogP contribution < -0.4 is 5.32 Å². The molecule has 1 aliphatic heterocycles. The van der Waals surface area contributed by atoms with Crippen molar-refractivity contribution in [3.05, 3.63) is 36.4 Å². The standard InChI is InChI=1S/C18H21N3O4/c1-2-24-17(22)14-9-6-10-21(12-14)18(23)19-16-11-15(25-20-16)13-7-4-3-5-8-13/h3-5,7-8,11,14H,2,6,9-10,12H2,1H3,(H,19,20,23). The Bertz CT molecular complexity index is 729. The fraction of sp³-hybridized carbons (Fsp3) is 0.389. The molecule has 2 aromatic rings. The number of benzene rings is 1. The van der Waals surface area contributed by atoms with Crippen LogP contribution in [0.4, 0.5) is 10.6 Å². The van der Waals surface area contributed by atoms with Crippen molar-refractivity contribution < 1.29 is 18.8 Å². The lowest BCUT2D eigenvalue weighted by atomic mass is 9.98. The normalized spacial score (nSPS) is 17.2. The second-order valence-electron chi connectivity index (χ2n) is 5.91. The molecule has 0 aliphatic carbocycles. The molecule has 7 heteroatoms. The molecule has 1 saturated heterocycles. The lowest BCUT2D eigenvalue weighted by Crippen LogP contribution is -2.44. The molecule has 25 heavy (non-hydrogen) atoms. The number of esters is 1. The molecule has 0 radical (unpaired) electrons. The van der Waals surface area contributed by atoms with Gasteiger partial charge in [-0.3, -0.25) is 10.1 Å². The molecule has 2 heterocycles. The number of rotatable bonds is 4. The van der Waals surface area contributed by atoms with Gasteiger partial charge in [0, 0.05) is 24.7 Å². The SMILES string of the molecule is CCOC(=O)C1CCCN(C(=O)Nc2cc(-c3ccccc3)on2)C1. The zero-order chi connectivity index (χ0) is 17.6. The smallest absolute Gasteiger partial charge is 0.323 e. The number of urea groups is 1. The van der Waals surface area contributed by atoms with Gasteiger partial charge in [-0.25, -0.2) is 4.79 Å². The van der Waals surface area contributed by atoms with Crippen LogP contribution in [0.2, 0.25) is 0 Å². The molecule has 1 atom stereocenters. The summed E-state index contributed by atoms with van der Waals surface area (Å²) >= 11 is 0. The minimum atomic E-state index is -0.290. The number of likely N-dealkylation sites (tertiary alicyclic amines) is 1. The summed E-state index contributed by atoms with van der Waals surface area (Å²) < 4.78 is 10.3. The first-order valence-electron chi connectivity index (χ1n) is 8.42. The van der Waals surface area contributed by atoms with E-state index in [1.807, 2.05) is 30.3 Å². The summed E-state index contributed by atoms with van der Waals surface area (Å²) in [5.41, 5.74) is 0.885. The highest BCUT2D eigenvalue weighted by Gasteiger charge is 2.29. The van der Waals surface area contributed by atoms with E-state index in [0.717, 1.165) is 18.4 Å². The lowest BCUT2D eigenvalue weighted by molar-refractivity contribution is -0.149. The maximum Gasteiger partial charge on any atom is 0.323 e. The Morgan fingerprint density at radius 3 is 2.92 bits per heavy atom. The van der Waals surface area contributed by atoms with Crippen LogP contribution in [-0.4, -0.2) is 41.8 Å². The van der Waals surface area contributed by atoms with E-state index >= 15 is 0 Å². The number of hydrogen-bond donors (Lipinski definition) is 1. The van der Waals surface area contributed by atoms with Gasteiger partial charge in [-0.1, -0.05) is 35.5 Å². The minimum Gasteiger partial charge on any atom is -0.466 e. The quantitative estimate of drug-likeness (QED) is 0.862. The molecule has 1 aliphatic rings. The third-order valence-corrected chi connectivity index (χ3v) is 4.13. The zero-order valence-corrected chi connectivity index (χ0v) is 14.1. The number of ether oxygens (including phenoxy) is 1. The molecular formula is C18H21N3O4. The predicted octanol–water partition coefficient (Wildman–Crippen LogP) is 3.15. The number of nitrogens with one attached hydrogen (secondary N) is 1.